The van der Waals surface area contributed by atoms with Crippen LogP contribution < -0.4 is 4.78 Å². The highest BCUT2D eigenvalue weighted by Crippen LogP contribution is 2.37. The summed E-state index contributed by atoms with van der Waals surface area (Å²) in [5.41, 5.74) is -1.58. The van der Waals surface area contributed by atoms with Crippen LogP contribution in [0.3, 0.4) is 0 Å². The van der Waals surface area contributed by atoms with Gasteiger partial charge in [0.15, 0.2) is 0 Å². The fraction of sp³-hybridized carbons (Fsp3) is 0.750. The zero-order valence-corrected chi connectivity index (χ0v) is 21.2. The molecule has 3 heterocycles. The molecule has 1 aromatic heterocycles. The number of ether oxygens (including phenoxy) is 1. The van der Waals surface area contributed by atoms with Crippen LogP contribution >= 0.6 is 11.3 Å². The summed E-state index contributed by atoms with van der Waals surface area (Å²) in [7, 11) is -4.28. The van der Waals surface area contributed by atoms with Gasteiger partial charge in [0.2, 0.25) is 0 Å². The molecule has 0 bridgehead atoms. The summed E-state index contributed by atoms with van der Waals surface area (Å²) >= 11 is 1.16. The van der Waals surface area contributed by atoms with Crippen molar-refractivity contribution in [3.8, 4) is 0 Å². The summed E-state index contributed by atoms with van der Waals surface area (Å²) in [6.45, 7) is 15.8. The van der Waals surface area contributed by atoms with Gasteiger partial charge < -0.3 is 18.9 Å². The van der Waals surface area contributed by atoms with Gasteiger partial charge in [-0.1, -0.05) is 6.07 Å². The summed E-state index contributed by atoms with van der Waals surface area (Å²) in [4.78, 5) is 14.0. The Labute approximate surface area is 190 Å². The Hall–Kier alpha value is -1.14. The molecule has 0 aliphatic carbocycles. The minimum atomic E-state index is -3.68. The number of piperazine rings is 1. The molecule has 0 radical (unpaired) electrons. The third-order valence-corrected chi connectivity index (χ3v) is 9.34. The molecule has 1 atom stereocenters. The second-order valence-electron chi connectivity index (χ2n) is 10.1. The van der Waals surface area contributed by atoms with Crippen molar-refractivity contribution in [2.45, 2.75) is 82.4 Å². The Morgan fingerprint density at radius 2 is 1.74 bits per heavy atom. The first-order valence-electron chi connectivity index (χ1n) is 10.5. The van der Waals surface area contributed by atoms with Crippen molar-refractivity contribution < 1.29 is 27.3 Å². The normalized spacial score (nSPS) is 24.5. The van der Waals surface area contributed by atoms with Crippen LogP contribution in [-0.2, 0) is 24.1 Å². The molecule has 0 N–H and O–H groups in total. The number of amides is 1. The van der Waals surface area contributed by atoms with Gasteiger partial charge in [-0.15, -0.1) is 11.3 Å². The fourth-order valence-electron chi connectivity index (χ4n) is 3.42. The molecule has 1 amide bonds. The molecule has 0 unspecified atom stereocenters. The minimum absolute atomic E-state index is 0.214. The van der Waals surface area contributed by atoms with Crippen molar-refractivity contribution in [3.05, 3.63) is 12.1 Å². The molecule has 2 aliphatic rings. The van der Waals surface area contributed by atoms with E-state index in [0.717, 1.165) is 16.1 Å². The van der Waals surface area contributed by atoms with Crippen LogP contribution in [0.2, 0.25) is 0 Å². The molecule has 0 saturated carbocycles. The Morgan fingerprint density at radius 3 is 2.26 bits per heavy atom. The molecular weight excluding hydrogens is 439 g/mol. The SMILES string of the molecule is C[C@@H]1CN(S(=O)(=O)c2ccc(B3OC(C)(C)C(C)(C)O3)s2)CCN1C(=O)OC(C)(C)C. The van der Waals surface area contributed by atoms with E-state index in [1.54, 1.807) is 17.0 Å². The van der Waals surface area contributed by atoms with Crippen molar-refractivity contribution in [1.29, 1.82) is 0 Å². The summed E-state index contributed by atoms with van der Waals surface area (Å²) in [5, 5.41) is 0. The van der Waals surface area contributed by atoms with Crippen molar-refractivity contribution in [1.82, 2.24) is 9.21 Å². The van der Waals surface area contributed by atoms with Gasteiger partial charge >= 0.3 is 13.2 Å². The number of hydrogen-bond donors (Lipinski definition) is 0. The summed E-state index contributed by atoms with van der Waals surface area (Å²) in [6, 6.07) is 3.06. The van der Waals surface area contributed by atoms with Crippen LogP contribution in [-0.4, -0.2) is 73.3 Å². The zero-order valence-electron chi connectivity index (χ0n) is 19.6. The Kier molecular flexibility index (Phi) is 6.34. The summed E-state index contributed by atoms with van der Waals surface area (Å²) in [5.74, 6) is 0. The molecule has 1 aromatic rings. The zero-order chi connectivity index (χ0) is 23.4. The number of rotatable bonds is 3. The van der Waals surface area contributed by atoms with Gasteiger partial charge in [-0.3, -0.25) is 0 Å². The number of thiophene rings is 1. The lowest BCUT2D eigenvalue weighted by atomic mass is 9.88. The number of carbonyl (C=O) groups is 1. The Morgan fingerprint density at radius 1 is 1.16 bits per heavy atom. The molecule has 2 fully saturated rings. The van der Waals surface area contributed by atoms with Gasteiger partial charge in [0.1, 0.15) is 9.81 Å². The predicted molar refractivity (Wildman–Crippen MR) is 121 cm³/mol. The van der Waals surface area contributed by atoms with E-state index in [0.29, 0.717) is 0 Å². The van der Waals surface area contributed by atoms with E-state index < -0.39 is 40.0 Å². The van der Waals surface area contributed by atoms with Crippen LogP contribution in [0.4, 0.5) is 4.79 Å². The number of sulfonamides is 1. The fourth-order valence-corrected chi connectivity index (χ4v) is 6.37. The van der Waals surface area contributed by atoms with Gasteiger partial charge in [0.25, 0.3) is 10.0 Å². The number of hydrogen-bond acceptors (Lipinski definition) is 7. The maximum atomic E-state index is 13.2. The first-order chi connectivity index (χ1) is 14.0. The van der Waals surface area contributed by atoms with Crippen LogP contribution in [0, 0.1) is 0 Å². The van der Waals surface area contributed by atoms with E-state index in [9.17, 15) is 13.2 Å². The van der Waals surface area contributed by atoms with Gasteiger partial charge in [-0.25, -0.2) is 13.2 Å². The highest BCUT2D eigenvalue weighted by atomic mass is 32.2. The third kappa shape index (κ3) is 4.95. The van der Waals surface area contributed by atoms with Gasteiger partial charge in [0, 0.05) is 30.5 Å². The minimum Gasteiger partial charge on any atom is -0.444 e. The molecule has 2 aliphatic heterocycles. The van der Waals surface area contributed by atoms with Crippen LogP contribution in [0.15, 0.2) is 16.3 Å². The second kappa shape index (κ2) is 8.02. The molecule has 2 saturated heterocycles. The Bertz CT molecular complexity index is 922. The smallest absolute Gasteiger partial charge is 0.444 e. The van der Waals surface area contributed by atoms with Crippen molar-refractivity contribution in [3.63, 3.8) is 0 Å². The Balaban J connectivity index is 1.71. The molecule has 0 aromatic carbocycles. The highest BCUT2D eigenvalue weighted by molar-refractivity contribution is 7.91. The van der Waals surface area contributed by atoms with E-state index in [1.807, 2.05) is 55.4 Å². The van der Waals surface area contributed by atoms with Crippen molar-refractivity contribution >= 4 is 39.3 Å². The second-order valence-corrected chi connectivity index (χ2v) is 13.4. The number of carbonyl (C=O) groups excluding carboxylic acids is 1. The van der Waals surface area contributed by atoms with E-state index >= 15 is 0 Å². The first kappa shape index (κ1) is 24.5. The van der Waals surface area contributed by atoms with Gasteiger partial charge in [0.05, 0.1) is 11.2 Å². The molecule has 8 nitrogen and oxygen atoms in total. The van der Waals surface area contributed by atoms with Crippen molar-refractivity contribution in [2.24, 2.45) is 0 Å². The van der Waals surface area contributed by atoms with Gasteiger partial charge in [-0.05, 0) is 61.5 Å². The van der Waals surface area contributed by atoms with E-state index in [-0.39, 0.29) is 29.9 Å². The van der Waals surface area contributed by atoms with E-state index in [1.165, 1.54) is 4.31 Å². The van der Waals surface area contributed by atoms with Crippen LogP contribution in [0.1, 0.15) is 55.4 Å². The number of nitrogens with zero attached hydrogens (tertiary/aromatic N) is 2. The average molecular weight is 472 g/mol. The lowest BCUT2D eigenvalue weighted by Gasteiger charge is -2.39. The molecule has 11 heteroatoms. The molecule has 3 rings (SSSR count). The maximum Gasteiger partial charge on any atom is 0.505 e. The molecule has 31 heavy (non-hydrogen) atoms. The lowest BCUT2D eigenvalue weighted by Crippen LogP contribution is -2.56. The topological polar surface area (TPSA) is 85.4 Å². The maximum absolute atomic E-state index is 13.2. The third-order valence-electron chi connectivity index (χ3n) is 5.90. The summed E-state index contributed by atoms with van der Waals surface area (Å²) < 4.78 is 46.4. The molecule has 0 spiro atoms. The molecular formula is C20H33BN2O6S2. The summed E-state index contributed by atoms with van der Waals surface area (Å²) in [6.07, 6.45) is -0.420. The standard InChI is InChI=1S/C20H33BN2O6S2/c1-14-13-22(11-12-23(14)17(24)27-18(2,3)4)31(25,26)16-10-9-15(30-16)21-28-19(5,6)20(7,8)29-21/h9-10,14H,11-13H2,1-8H3/t14-/m1/s1. The quantitative estimate of drug-likeness (QED) is 0.629. The molecule has 174 valence electrons. The van der Waals surface area contributed by atoms with E-state index in [4.69, 9.17) is 14.0 Å². The lowest BCUT2D eigenvalue weighted by molar-refractivity contribution is 0.00578. The monoisotopic (exact) mass is 472 g/mol. The average Bonchev–Trinajstić information content (AvgIpc) is 3.16. The predicted octanol–water partition coefficient (Wildman–Crippen LogP) is 2.68. The van der Waals surface area contributed by atoms with Crippen molar-refractivity contribution in [2.75, 3.05) is 19.6 Å². The van der Waals surface area contributed by atoms with Crippen LogP contribution in [0.25, 0.3) is 0 Å². The largest absolute Gasteiger partial charge is 0.505 e. The van der Waals surface area contributed by atoms with Gasteiger partial charge in [-0.2, -0.15) is 4.31 Å². The van der Waals surface area contributed by atoms with E-state index in [2.05, 4.69) is 0 Å². The van der Waals surface area contributed by atoms with Crippen LogP contribution in [0.5, 0.6) is 0 Å². The first-order valence-corrected chi connectivity index (χ1v) is 12.7. The highest BCUT2D eigenvalue weighted by Gasteiger charge is 2.52.